The van der Waals surface area contributed by atoms with Crippen molar-refractivity contribution < 1.29 is 27.5 Å². The molecule has 10 nitrogen and oxygen atoms in total. The number of benzene rings is 2. The number of hydrogen-bond acceptors (Lipinski definition) is 8. The van der Waals surface area contributed by atoms with Gasteiger partial charge in [0.05, 0.1) is 25.0 Å². The largest absolute Gasteiger partial charge is 0.494 e. The van der Waals surface area contributed by atoms with Crippen LogP contribution in [0, 0.1) is 0 Å². The molecule has 0 unspecified atom stereocenters. The van der Waals surface area contributed by atoms with Gasteiger partial charge in [0, 0.05) is 13.1 Å². The third-order valence-corrected chi connectivity index (χ3v) is 7.06. The van der Waals surface area contributed by atoms with Crippen LogP contribution in [0.4, 0.5) is 6.01 Å². The second kappa shape index (κ2) is 16.1. The van der Waals surface area contributed by atoms with Gasteiger partial charge >= 0.3 is 6.01 Å². The number of carbonyl (C=O) groups is 1. The van der Waals surface area contributed by atoms with Gasteiger partial charge in [-0.15, -0.1) is 0 Å². The van der Waals surface area contributed by atoms with Crippen LogP contribution in [0.2, 0.25) is 0 Å². The van der Waals surface area contributed by atoms with Gasteiger partial charge in [-0.3, -0.25) is 4.79 Å². The molecule has 0 radical (unpaired) electrons. The topological polar surface area (TPSA) is 143 Å². The number of rotatable bonds is 18. The van der Waals surface area contributed by atoms with Crippen molar-refractivity contribution in [1.82, 2.24) is 15.6 Å². The van der Waals surface area contributed by atoms with Crippen LogP contribution in [-0.2, 0) is 29.4 Å². The van der Waals surface area contributed by atoms with Gasteiger partial charge in [-0.05, 0) is 48.1 Å². The third kappa shape index (κ3) is 11.5. The fourth-order valence-electron chi connectivity index (χ4n) is 4.27. The van der Waals surface area contributed by atoms with Crippen LogP contribution in [0.5, 0.6) is 5.75 Å². The molecule has 1 amide bonds. The summed E-state index contributed by atoms with van der Waals surface area (Å²) < 4.78 is 35.9. The smallest absolute Gasteiger partial charge is 0.309 e. The lowest BCUT2D eigenvalue weighted by Gasteiger charge is -2.24. The molecule has 0 aliphatic heterocycles. The van der Waals surface area contributed by atoms with Crippen LogP contribution < -0.4 is 20.1 Å². The lowest BCUT2D eigenvalue weighted by atomic mass is 10.0. The molecule has 1 heterocycles. The highest BCUT2D eigenvalue weighted by molar-refractivity contribution is 7.91. The molecule has 0 aliphatic rings. The standard InChI is InChI=1S/C30H42N4O6S/c1-4-6-7-8-16-39-25-14-12-23(13-15-25)18-26(28(35)20-31-19-24-11-9-10-22(5-2)17-24)32-29(36)27-21-40-30(33-27)34-41(3,37)38/h9-15,17,21,26,28,31,35H,4-8,16,18-20H2,1-3H3,(H,32,36)(H,33,34)/t26-,28-/m0/s1. The van der Waals surface area contributed by atoms with Crippen molar-refractivity contribution in [2.45, 2.75) is 71.1 Å². The number of aromatic nitrogens is 1. The van der Waals surface area contributed by atoms with Gasteiger partial charge < -0.3 is 24.9 Å². The number of oxazole rings is 1. The molecule has 3 aromatic rings. The molecule has 41 heavy (non-hydrogen) atoms. The van der Waals surface area contributed by atoms with Gasteiger partial charge in [0.1, 0.15) is 12.0 Å². The van der Waals surface area contributed by atoms with Crippen molar-refractivity contribution in [2.24, 2.45) is 0 Å². The molecule has 0 fully saturated rings. The van der Waals surface area contributed by atoms with Crippen LogP contribution in [0.15, 0.2) is 59.2 Å². The van der Waals surface area contributed by atoms with Crippen LogP contribution in [-0.4, -0.2) is 56.0 Å². The van der Waals surface area contributed by atoms with Crippen LogP contribution in [0.25, 0.3) is 0 Å². The van der Waals surface area contributed by atoms with E-state index in [0.717, 1.165) is 48.7 Å². The van der Waals surface area contributed by atoms with E-state index in [9.17, 15) is 18.3 Å². The fraction of sp³-hybridized carbons (Fsp3) is 0.467. The minimum Gasteiger partial charge on any atom is -0.494 e. The number of anilines is 1. The van der Waals surface area contributed by atoms with E-state index in [1.807, 2.05) is 36.4 Å². The summed E-state index contributed by atoms with van der Waals surface area (Å²) in [5, 5.41) is 17.2. The van der Waals surface area contributed by atoms with E-state index >= 15 is 0 Å². The molecule has 3 rings (SSSR count). The first-order valence-electron chi connectivity index (χ1n) is 14.1. The van der Waals surface area contributed by atoms with Gasteiger partial charge in [0.25, 0.3) is 5.91 Å². The summed E-state index contributed by atoms with van der Waals surface area (Å²) in [4.78, 5) is 16.9. The lowest BCUT2D eigenvalue weighted by Crippen LogP contribution is -2.48. The molecular formula is C30H42N4O6S. The molecule has 0 aliphatic carbocycles. The number of aliphatic hydroxyl groups is 1. The number of carbonyl (C=O) groups excluding carboxylic acids is 1. The zero-order valence-electron chi connectivity index (χ0n) is 24.1. The van der Waals surface area contributed by atoms with E-state index in [1.54, 1.807) is 0 Å². The van der Waals surface area contributed by atoms with Gasteiger partial charge in [0.15, 0.2) is 5.69 Å². The number of sulfonamides is 1. The lowest BCUT2D eigenvalue weighted by molar-refractivity contribution is 0.0825. The molecular weight excluding hydrogens is 544 g/mol. The second-order valence-electron chi connectivity index (χ2n) is 10.1. The molecule has 2 atom stereocenters. The summed E-state index contributed by atoms with van der Waals surface area (Å²) in [7, 11) is -3.61. The number of aliphatic hydroxyl groups excluding tert-OH is 1. The van der Waals surface area contributed by atoms with Crippen molar-refractivity contribution in [1.29, 1.82) is 0 Å². The summed E-state index contributed by atoms with van der Waals surface area (Å²) in [5.41, 5.74) is 3.14. The highest BCUT2D eigenvalue weighted by Gasteiger charge is 2.24. The minimum atomic E-state index is -3.61. The van der Waals surface area contributed by atoms with Crippen molar-refractivity contribution in [3.63, 3.8) is 0 Å². The fourth-order valence-corrected chi connectivity index (χ4v) is 4.68. The molecule has 4 N–H and O–H groups in total. The average molecular weight is 587 g/mol. The highest BCUT2D eigenvalue weighted by Crippen LogP contribution is 2.16. The van der Waals surface area contributed by atoms with E-state index in [4.69, 9.17) is 9.15 Å². The molecule has 0 saturated carbocycles. The maximum Gasteiger partial charge on any atom is 0.309 e. The molecule has 1 aromatic heterocycles. The highest BCUT2D eigenvalue weighted by atomic mass is 32.2. The van der Waals surface area contributed by atoms with E-state index in [1.165, 1.54) is 18.4 Å². The van der Waals surface area contributed by atoms with Crippen molar-refractivity contribution in [3.8, 4) is 5.75 Å². The Labute approximate surface area is 243 Å². The Morgan fingerprint density at radius 2 is 1.80 bits per heavy atom. The summed E-state index contributed by atoms with van der Waals surface area (Å²) >= 11 is 0. The maximum atomic E-state index is 13.0. The van der Waals surface area contributed by atoms with E-state index < -0.39 is 28.1 Å². The minimum absolute atomic E-state index is 0.107. The predicted molar refractivity (Wildman–Crippen MR) is 160 cm³/mol. The second-order valence-corrected chi connectivity index (χ2v) is 11.9. The Bertz CT molecular complexity index is 1330. The summed E-state index contributed by atoms with van der Waals surface area (Å²) in [6.45, 7) is 5.74. The number of hydrogen-bond donors (Lipinski definition) is 4. The molecule has 2 aromatic carbocycles. The number of ether oxygens (including phenoxy) is 1. The van der Waals surface area contributed by atoms with E-state index in [0.29, 0.717) is 19.6 Å². The molecule has 224 valence electrons. The number of nitrogens with zero attached hydrogens (tertiary/aromatic N) is 1. The molecule has 0 bridgehead atoms. The first-order valence-corrected chi connectivity index (χ1v) is 16.0. The third-order valence-electron chi connectivity index (χ3n) is 6.52. The Morgan fingerprint density at radius 3 is 2.51 bits per heavy atom. The first kappa shape index (κ1) is 32.1. The van der Waals surface area contributed by atoms with Crippen LogP contribution >= 0.6 is 0 Å². The van der Waals surface area contributed by atoms with Gasteiger partial charge in [-0.25, -0.2) is 13.1 Å². The van der Waals surface area contributed by atoms with Crippen molar-refractivity contribution >= 4 is 21.9 Å². The molecule has 0 saturated heterocycles. The Hall–Kier alpha value is -3.41. The van der Waals surface area contributed by atoms with Crippen LogP contribution in [0.1, 0.15) is 66.7 Å². The van der Waals surface area contributed by atoms with Crippen molar-refractivity contribution in [2.75, 3.05) is 24.1 Å². The Morgan fingerprint density at radius 1 is 1.05 bits per heavy atom. The quantitative estimate of drug-likeness (QED) is 0.164. The van der Waals surface area contributed by atoms with Crippen LogP contribution in [0.3, 0.4) is 0 Å². The summed E-state index contributed by atoms with van der Waals surface area (Å²) in [6, 6.07) is 14.9. The zero-order valence-corrected chi connectivity index (χ0v) is 24.9. The number of nitrogens with one attached hydrogen (secondary N) is 3. The normalized spacial score (nSPS) is 13.0. The van der Waals surface area contributed by atoms with Crippen molar-refractivity contribution in [3.05, 3.63) is 77.2 Å². The number of amides is 1. The zero-order chi connectivity index (χ0) is 29.7. The summed E-state index contributed by atoms with van der Waals surface area (Å²) in [6.07, 6.45) is 6.91. The molecule has 0 spiro atoms. The number of unbranched alkanes of at least 4 members (excludes halogenated alkanes) is 3. The number of aryl methyl sites for hydroxylation is 1. The van der Waals surface area contributed by atoms with E-state index in [-0.39, 0.29) is 18.3 Å². The molecule has 11 heteroatoms. The monoisotopic (exact) mass is 586 g/mol. The van der Waals surface area contributed by atoms with Gasteiger partial charge in [-0.2, -0.15) is 4.98 Å². The first-order chi connectivity index (χ1) is 19.7. The predicted octanol–water partition coefficient (Wildman–Crippen LogP) is 4.06. The maximum absolute atomic E-state index is 13.0. The average Bonchev–Trinajstić information content (AvgIpc) is 3.40. The van der Waals surface area contributed by atoms with Gasteiger partial charge in [-0.1, -0.05) is 69.5 Å². The SMILES string of the molecule is CCCCCCOc1ccc(C[C@H](NC(=O)c2coc(NS(C)(=O)=O)n2)[C@@H](O)CNCc2cccc(CC)c2)cc1. The Balaban J connectivity index is 1.65. The Kier molecular flexibility index (Phi) is 12.6. The summed E-state index contributed by atoms with van der Waals surface area (Å²) in [5.74, 6) is 0.179. The van der Waals surface area contributed by atoms with E-state index in [2.05, 4.69) is 46.3 Å². The van der Waals surface area contributed by atoms with Gasteiger partial charge in [0.2, 0.25) is 10.0 Å².